The van der Waals surface area contributed by atoms with Crippen LogP contribution in [0.4, 0.5) is 5.69 Å². The average Bonchev–Trinajstić information content (AvgIpc) is 2.80. The van der Waals surface area contributed by atoms with Gasteiger partial charge in [0.25, 0.3) is 5.91 Å². The van der Waals surface area contributed by atoms with Gasteiger partial charge in [-0.15, -0.1) is 0 Å². The van der Waals surface area contributed by atoms with Crippen LogP contribution in [0.15, 0.2) is 54.6 Å². The van der Waals surface area contributed by atoms with Crippen LogP contribution in [0.5, 0.6) is 5.75 Å². The topological polar surface area (TPSA) is 61.9 Å². The van der Waals surface area contributed by atoms with E-state index in [1.54, 1.807) is 0 Å². The highest BCUT2D eigenvalue weighted by molar-refractivity contribution is 5.94. The Bertz CT molecular complexity index is 848. The Labute approximate surface area is 185 Å². The molecule has 31 heavy (non-hydrogen) atoms. The summed E-state index contributed by atoms with van der Waals surface area (Å²) in [4.78, 5) is 29.7. The summed E-state index contributed by atoms with van der Waals surface area (Å²) in [5.74, 6) is 0.739. The molecule has 0 atom stereocenters. The number of hydrogen-bond donors (Lipinski definition) is 1. The van der Waals surface area contributed by atoms with Crippen molar-refractivity contribution in [1.29, 1.82) is 0 Å². The van der Waals surface area contributed by atoms with Crippen molar-refractivity contribution >= 4 is 17.5 Å². The lowest BCUT2D eigenvalue weighted by molar-refractivity contribution is -0.118. The molecule has 1 N–H and O–H groups in total. The van der Waals surface area contributed by atoms with Crippen LogP contribution in [0.3, 0.4) is 0 Å². The summed E-state index contributed by atoms with van der Waals surface area (Å²) in [5, 5.41) is 3.00. The molecule has 0 radical (unpaired) electrons. The predicted octanol–water partition coefficient (Wildman–Crippen LogP) is 4.04. The molecule has 6 nitrogen and oxygen atoms in total. The molecular weight excluding hydrogens is 390 g/mol. The zero-order valence-corrected chi connectivity index (χ0v) is 18.5. The molecule has 6 heteroatoms. The van der Waals surface area contributed by atoms with Crippen LogP contribution in [0.2, 0.25) is 0 Å². The van der Waals surface area contributed by atoms with Crippen LogP contribution in [0, 0.1) is 0 Å². The fourth-order valence-corrected chi connectivity index (χ4v) is 4.10. The third kappa shape index (κ3) is 6.31. The molecule has 1 aliphatic heterocycles. The van der Waals surface area contributed by atoms with E-state index in [-0.39, 0.29) is 11.8 Å². The lowest BCUT2D eigenvalue weighted by atomic mass is 10.0. The van der Waals surface area contributed by atoms with E-state index in [0.29, 0.717) is 43.7 Å². The van der Waals surface area contributed by atoms with Gasteiger partial charge in [-0.2, -0.15) is 0 Å². The fraction of sp³-hybridized carbons (Fsp3) is 0.440. The number of benzene rings is 2. The Kier molecular flexibility index (Phi) is 8.47. The highest BCUT2D eigenvalue weighted by Gasteiger charge is 2.28. The first kappa shape index (κ1) is 22.8. The molecule has 1 heterocycles. The molecule has 166 valence electrons. The molecule has 0 aromatic heterocycles. The monoisotopic (exact) mass is 423 g/mol. The summed E-state index contributed by atoms with van der Waals surface area (Å²) in [6, 6.07) is 17.2. The summed E-state index contributed by atoms with van der Waals surface area (Å²) < 4.78 is 5.61. The van der Waals surface area contributed by atoms with Gasteiger partial charge in [0.15, 0.2) is 0 Å². The van der Waals surface area contributed by atoms with Crippen molar-refractivity contribution in [1.82, 2.24) is 9.80 Å². The van der Waals surface area contributed by atoms with Crippen LogP contribution >= 0.6 is 0 Å². The van der Waals surface area contributed by atoms with Gasteiger partial charge in [0.2, 0.25) is 5.91 Å². The van der Waals surface area contributed by atoms with Gasteiger partial charge < -0.3 is 15.0 Å². The van der Waals surface area contributed by atoms with E-state index in [1.807, 2.05) is 66.4 Å². The number of nitrogens with one attached hydrogen (secondary N) is 1. The van der Waals surface area contributed by atoms with E-state index in [9.17, 15) is 9.59 Å². The van der Waals surface area contributed by atoms with Crippen LogP contribution < -0.4 is 10.1 Å². The van der Waals surface area contributed by atoms with Gasteiger partial charge in [0.1, 0.15) is 5.75 Å². The van der Waals surface area contributed by atoms with Crippen molar-refractivity contribution in [2.75, 3.05) is 38.1 Å². The fourth-order valence-electron chi connectivity index (χ4n) is 4.10. The Morgan fingerprint density at radius 1 is 1.03 bits per heavy atom. The molecule has 3 rings (SSSR count). The molecule has 0 spiro atoms. The highest BCUT2D eigenvalue weighted by atomic mass is 16.5. The van der Waals surface area contributed by atoms with E-state index in [4.69, 9.17) is 4.74 Å². The van der Waals surface area contributed by atoms with E-state index in [1.165, 1.54) is 0 Å². The van der Waals surface area contributed by atoms with Crippen molar-refractivity contribution in [3.8, 4) is 5.75 Å². The van der Waals surface area contributed by atoms with Crippen molar-refractivity contribution in [2.45, 2.75) is 39.2 Å². The van der Waals surface area contributed by atoms with E-state index in [2.05, 4.69) is 17.1 Å². The number of carbonyl (C=O) groups is 2. The zero-order valence-electron chi connectivity index (χ0n) is 18.5. The number of piperidine rings is 1. The molecule has 2 aromatic rings. The van der Waals surface area contributed by atoms with Gasteiger partial charge in [-0.05, 0) is 57.0 Å². The zero-order chi connectivity index (χ0) is 22.1. The second-order valence-electron chi connectivity index (χ2n) is 7.84. The van der Waals surface area contributed by atoms with Crippen molar-refractivity contribution < 1.29 is 14.3 Å². The van der Waals surface area contributed by atoms with Crippen molar-refractivity contribution in [3.05, 3.63) is 60.2 Å². The SMILES string of the molecule is CCCN(CC(=O)Nc1ccccc1OCC)C1CCN(C(=O)c2ccccc2)CC1. The minimum absolute atomic E-state index is 0.0385. The highest BCUT2D eigenvalue weighted by Crippen LogP contribution is 2.24. The average molecular weight is 424 g/mol. The molecule has 0 aliphatic carbocycles. The van der Waals surface area contributed by atoms with Gasteiger partial charge in [0, 0.05) is 24.7 Å². The van der Waals surface area contributed by atoms with E-state index < -0.39 is 0 Å². The minimum atomic E-state index is -0.0385. The van der Waals surface area contributed by atoms with Gasteiger partial charge in [-0.25, -0.2) is 0 Å². The third-order valence-electron chi connectivity index (χ3n) is 5.61. The molecule has 0 saturated carbocycles. The first-order valence-electron chi connectivity index (χ1n) is 11.2. The number of para-hydroxylation sites is 2. The number of nitrogens with zero attached hydrogens (tertiary/aromatic N) is 2. The summed E-state index contributed by atoms with van der Waals surface area (Å²) in [6.45, 7) is 7.24. The number of likely N-dealkylation sites (tertiary alicyclic amines) is 1. The number of carbonyl (C=O) groups excluding carboxylic acids is 2. The predicted molar refractivity (Wildman–Crippen MR) is 123 cm³/mol. The molecule has 1 fully saturated rings. The van der Waals surface area contributed by atoms with Crippen molar-refractivity contribution in [2.24, 2.45) is 0 Å². The summed E-state index contributed by atoms with van der Waals surface area (Å²) in [6.07, 6.45) is 2.73. The normalized spacial score (nSPS) is 14.5. The van der Waals surface area contributed by atoms with Crippen molar-refractivity contribution in [3.63, 3.8) is 0 Å². The minimum Gasteiger partial charge on any atom is -0.492 e. The lowest BCUT2D eigenvalue weighted by Crippen LogP contribution is -2.49. The van der Waals surface area contributed by atoms with Gasteiger partial charge in [-0.3, -0.25) is 14.5 Å². The van der Waals surface area contributed by atoms with E-state index in [0.717, 1.165) is 31.4 Å². The summed E-state index contributed by atoms with van der Waals surface area (Å²) in [5.41, 5.74) is 1.44. The Hall–Kier alpha value is -2.86. The molecule has 2 aromatic carbocycles. The molecule has 1 aliphatic rings. The van der Waals surface area contributed by atoms with Gasteiger partial charge >= 0.3 is 0 Å². The maximum atomic E-state index is 12.8. The lowest BCUT2D eigenvalue weighted by Gasteiger charge is -2.38. The smallest absolute Gasteiger partial charge is 0.253 e. The largest absolute Gasteiger partial charge is 0.492 e. The van der Waals surface area contributed by atoms with Crippen LogP contribution in [-0.4, -0.2) is 60.4 Å². The molecule has 1 saturated heterocycles. The molecule has 0 bridgehead atoms. The molecular formula is C25H33N3O3. The van der Waals surface area contributed by atoms with Crippen LogP contribution in [0.1, 0.15) is 43.5 Å². The first-order chi connectivity index (χ1) is 15.1. The van der Waals surface area contributed by atoms with E-state index >= 15 is 0 Å². The number of anilines is 1. The Balaban J connectivity index is 1.56. The summed E-state index contributed by atoms with van der Waals surface area (Å²) in [7, 11) is 0. The van der Waals surface area contributed by atoms with Gasteiger partial charge in [0.05, 0.1) is 18.8 Å². The van der Waals surface area contributed by atoms with Crippen LogP contribution in [0.25, 0.3) is 0 Å². The number of rotatable bonds is 9. The maximum Gasteiger partial charge on any atom is 0.253 e. The number of ether oxygens (including phenoxy) is 1. The second-order valence-corrected chi connectivity index (χ2v) is 7.84. The number of hydrogen-bond acceptors (Lipinski definition) is 4. The van der Waals surface area contributed by atoms with Gasteiger partial charge in [-0.1, -0.05) is 37.3 Å². The Morgan fingerprint density at radius 3 is 2.39 bits per heavy atom. The quantitative estimate of drug-likeness (QED) is 0.661. The first-order valence-corrected chi connectivity index (χ1v) is 11.2. The third-order valence-corrected chi connectivity index (χ3v) is 5.61. The molecule has 0 unspecified atom stereocenters. The standard InChI is InChI=1S/C25H33N3O3/c1-3-16-28(19-24(29)26-22-12-8-9-13-23(22)31-4-2)21-14-17-27(18-15-21)25(30)20-10-6-5-7-11-20/h5-13,21H,3-4,14-19H2,1-2H3,(H,26,29). The summed E-state index contributed by atoms with van der Waals surface area (Å²) >= 11 is 0. The second kappa shape index (κ2) is 11.5. The number of amides is 2. The van der Waals surface area contributed by atoms with Crippen LogP contribution in [-0.2, 0) is 4.79 Å². The maximum absolute atomic E-state index is 12.8. The molecule has 2 amide bonds. The Morgan fingerprint density at radius 2 is 1.71 bits per heavy atom.